The third-order valence-electron chi connectivity index (χ3n) is 6.01. The first-order valence-electron chi connectivity index (χ1n) is 12.5. The van der Waals surface area contributed by atoms with Gasteiger partial charge in [0, 0.05) is 29.9 Å². The quantitative estimate of drug-likeness (QED) is 0.199. The molecule has 41 heavy (non-hydrogen) atoms. The van der Waals surface area contributed by atoms with E-state index in [4.69, 9.17) is 4.74 Å². The molecule has 0 saturated carbocycles. The highest BCUT2D eigenvalue weighted by Gasteiger charge is 2.24. The Bertz CT molecular complexity index is 1530. The molecule has 1 aromatic heterocycles. The number of para-hydroxylation sites is 1. The molecule has 4 rings (SSSR count). The molecule has 0 aliphatic carbocycles. The van der Waals surface area contributed by atoms with E-state index in [9.17, 15) is 24.3 Å². The van der Waals surface area contributed by atoms with Gasteiger partial charge in [-0.25, -0.2) is 0 Å². The number of aromatic hydroxyl groups is 1. The summed E-state index contributed by atoms with van der Waals surface area (Å²) in [6.07, 6.45) is 2.92. The van der Waals surface area contributed by atoms with E-state index in [1.807, 2.05) is 0 Å². The molecule has 0 bridgehead atoms. The van der Waals surface area contributed by atoms with Crippen LogP contribution < -0.4 is 26.2 Å². The van der Waals surface area contributed by atoms with Crippen LogP contribution in [-0.4, -0.2) is 46.9 Å². The number of nitrogens with zero attached hydrogens (tertiary/aromatic N) is 1. The van der Waals surface area contributed by atoms with Crippen molar-refractivity contribution in [1.29, 1.82) is 0 Å². The van der Waals surface area contributed by atoms with Gasteiger partial charge in [0.2, 0.25) is 0 Å². The minimum absolute atomic E-state index is 0.0450. The van der Waals surface area contributed by atoms with E-state index in [1.165, 1.54) is 49.8 Å². The molecule has 5 N–H and O–H groups in total. The predicted molar refractivity (Wildman–Crippen MR) is 150 cm³/mol. The first-order valence-corrected chi connectivity index (χ1v) is 12.5. The second-order valence-corrected chi connectivity index (χ2v) is 8.80. The van der Waals surface area contributed by atoms with Crippen LogP contribution in [0.4, 0.5) is 5.69 Å². The number of carbonyl (C=O) groups excluding carboxylic acids is 4. The van der Waals surface area contributed by atoms with E-state index in [-0.39, 0.29) is 29.0 Å². The summed E-state index contributed by atoms with van der Waals surface area (Å²) in [6, 6.07) is 20.8. The Kier molecular flexibility index (Phi) is 9.24. The molecule has 0 radical (unpaired) electrons. The second kappa shape index (κ2) is 13.4. The summed E-state index contributed by atoms with van der Waals surface area (Å²) in [6.45, 7) is 0. The molecule has 0 aliphatic rings. The highest BCUT2D eigenvalue weighted by Crippen LogP contribution is 2.19. The largest absolute Gasteiger partial charge is 0.508 e. The van der Waals surface area contributed by atoms with E-state index in [1.54, 1.807) is 54.6 Å². The summed E-state index contributed by atoms with van der Waals surface area (Å²) in [7, 11) is 1.52. The molecule has 0 aliphatic heterocycles. The number of phenolic OH excluding ortho intramolecular Hbond substituents is 1. The summed E-state index contributed by atoms with van der Waals surface area (Å²) < 4.78 is 5.12. The maximum atomic E-state index is 13.4. The van der Waals surface area contributed by atoms with Crippen LogP contribution in [0, 0.1) is 0 Å². The zero-order valence-corrected chi connectivity index (χ0v) is 22.0. The SMILES string of the molecule is COc1ccc(C(=O)Nc2ccccc2C(=O)N[C@H](Cc2ccc(O)cc2)C(=O)NNC(=O)c2ccncc2)cc1. The third-order valence-corrected chi connectivity index (χ3v) is 6.01. The van der Waals surface area contributed by atoms with E-state index in [2.05, 4.69) is 26.5 Å². The monoisotopic (exact) mass is 553 g/mol. The second-order valence-electron chi connectivity index (χ2n) is 8.80. The Morgan fingerprint density at radius 1 is 0.780 bits per heavy atom. The number of hydrogen-bond acceptors (Lipinski definition) is 7. The van der Waals surface area contributed by atoms with Gasteiger partial charge in [0.1, 0.15) is 17.5 Å². The summed E-state index contributed by atoms with van der Waals surface area (Å²) in [4.78, 5) is 55.6. The average Bonchev–Trinajstić information content (AvgIpc) is 3.01. The van der Waals surface area contributed by atoms with Gasteiger partial charge in [-0.1, -0.05) is 24.3 Å². The van der Waals surface area contributed by atoms with Crippen LogP contribution in [0.5, 0.6) is 11.5 Å². The summed E-state index contributed by atoms with van der Waals surface area (Å²) >= 11 is 0. The Balaban J connectivity index is 1.50. The van der Waals surface area contributed by atoms with Crippen molar-refractivity contribution < 1.29 is 29.0 Å². The van der Waals surface area contributed by atoms with Crippen molar-refractivity contribution in [1.82, 2.24) is 21.2 Å². The van der Waals surface area contributed by atoms with E-state index >= 15 is 0 Å². The van der Waals surface area contributed by atoms with Gasteiger partial charge in [-0.2, -0.15) is 0 Å². The lowest BCUT2D eigenvalue weighted by molar-refractivity contribution is -0.123. The van der Waals surface area contributed by atoms with E-state index in [0.717, 1.165) is 0 Å². The summed E-state index contributed by atoms with van der Waals surface area (Å²) in [5, 5.41) is 15.0. The lowest BCUT2D eigenvalue weighted by Crippen LogP contribution is -2.53. The number of pyridine rings is 1. The Labute approximate surface area is 235 Å². The Morgan fingerprint density at radius 3 is 2.12 bits per heavy atom. The molecule has 0 unspecified atom stereocenters. The van der Waals surface area contributed by atoms with Gasteiger partial charge in [0.05, 0.1) is 18.4 Å². The molecule has 11 heteroatoms. The first kappa shape index (κ1) is 28.3. The van der Waals surface area contributed by atoms with Crippen molar-refractivity contribution in [2.24, 2.45) is 0 Å². The topological polar surface area (TPSA) is 159 Å². The van der Waals surface area contributed by atoms with Crippen LogP contribution in [0.3, 0.4) is 0 Å². The number of amides is 4. The lowest BCUT2D eigenvalue weighted by atomic mass is 10.0. The van der Waals surface area contributed by atoms with Gasteiger partial charge >= 0.3 is 0 Å². The Hall–Kier alpha value is -5.71. The van der Waals surface area contributed by atoms with Crippen molar-refractivity contribution in [2.45, 2.75) is 12.5 Å². The van der Waals surface area contributed by atoms with Crippen molar-refractivity contribution in [3.63, 3.8) is 0 Å². The molecule has 208 valence electrons. The number of aromatic nitrogens is 1. The maximum Gasteiger partial charge on any atom is 0.269 e. The van der Waals surface area contributed by atoms with Crippen LogP contribution in [-0.2, 0) is 11.2 Å². The molecular weight excluding hydrogens is 526 g/mol. The summed E-state index contributed by atoms with van der Waals surface area (Å²) in [5.41, 5.74) is 6.31. The van der Waals surface area contributed by atoms with Crippen molar-refractivity contribution >= 4 is 29.3 Å². The van der Waals surface area contributed by atoms with Crippen LogP contribution in [0.1, 0.15) is 36.6 Å². The van der Waals surface area contributed by atoms with Crippen LogP contribution in [0.2, 0.25) is 0 Å². The first-order chi connectivity index (χ1) is 19.8. The van der Waals surface area contributed by atoms with Gasteiger partial charge in [-0.15, -0.1) is 0 Å². The smallest absolute Gasteiger partial charge is 0.269 e. The molecule has 1 atom stereocenters. The van der Waals surface area contributed by atoms with Crippen LogP contribution >= 0.6 is 0 Å². The molecule has 4 aromatic rings. The third kappa shape index (κ3) is 7.67. The normalized spacial score (nSPS) is 11.0. The molecular formula is C30H27N5O6. The fourth-order valence-electron chi connectivity index (χ4n) is 3.82. The Morgan fingerprint density at radius 2 is 1.44 bits per heavy atom. The molecule has 4 amide bonds. The fourth-order valence-corrected chi connectivity index (χ4v) is 3.82. The van der Waals surface area contributed by atoms with E-state index < -0.39 is 29.7 Å². The number of nitrogens with one attached hydrogen (secondary N) is 4. The molecule has 3 aromatic carbocycles. The minimum atomic E-state index is -1.13. The number of carbonyl (C=O) groups is 4. The number of anilines is 1. The van der Waals surface area contributed by atoms with Crippen molar-refractivity contribution in [3.05, 3.63) is 120 Å². The van der Waals surface area contributed by atoms with Crippen molar-refractivity contribution in [2.75, 3.05) is 12.4 Å². The number of methoxy groups -OCH3 is 1. The van der Waals surface area contributed by atoms with Gasteiger partial charge < -0.3 is 20.5 Å². The van der Waals surface area contributed by atoms with Crippen LogP contribution in [0.15, 0.2) is 97.3 Å². The lowest BCUT2D eigenvalue weighted by Gasteiger charge is -2.20. The molecule has 1 heterocycles. The zero-order valence-electron chi connectivity index (χ0n) is 22.0. The highest BCUT2D eigenvalue weighted by molar-refractivity contribution is 6.09. The average molecular weight is 554 g/mol. The number of hydrogen-bond donors (Lipinski definition) is 5. The molecule has 0 saturated heterocycles. The molecule has 0 spiro atoms. The van der Waals surface area contributed by atoms with Gasteiger partial charge in [0.25, 0.3) is 23.6 Å². The van der Waals surface area contributed by atoms with E-state index in [0.29, 0.717) is 16.9 Å². The fraction of sp³-hybridized carbons (Fsp3) is 0.100. The number of hydrazine groups is 1. The number of phenols is 1. The molecule has 0 fully saturated rings. The van der Waals surface area contributed by atoms with Crippen LogP contribution in [0.25, 0.3) is 0 Å². The number of benzene rings is 3. The highest BCUT2D eigenvalue weighted by atomic mass is 16.5. The van der Waals surface area contributed by atoms with Gasteiger partial charge in [0.15, 0.2) is 0 Å². The van der Waals surface area contributed by atoms with Gasteiger partial charge in [-0.05, 0) is 66.2 Å². The minimum Gasteiger partial charge on any atom is -0.508 e. The number of rotatable bonds is 9. The molecule has 11 nitrogen and oxygen atoms in total. The van der Waals surface area contributed by atoms with Crippen molar-refractivity contribution in [3.8, 4) is 11.5 Å². The summed E-state index contributed by atoms with van der Waals surface area (Å²) in [5.74, 6) is -1.68. The van der Waals surface area contributed by atoms with Gasteiger partial charge in [-0.3, -0.25) is 35.0 Å². The maximum absolute atomic E-state index is 13.4. The predicted octanol–water partition coefficient (Wildman–Crippen LogP) is 2.85. The number of ether oxygens (including phenoxy) is 1. The zero-order chi connectivity index (χ0) is 29.2. The standard InChI is InChI=1S/C30H27N5O6/c1-41-23-12-8-20(9-13-23)27(37)32-25-5-3-2-4-24(25)29(39)33-26(18-19-6-10-22(36)11-7-19)30(40)35-34-28(38)21-14-16-31-17-15-21/h2-17,26,36H,18H2,1H3,(H,32,37)(H,33,39)(H,34,38)(H,35,40)/t26-/m1/s1.